The predicted octanol–water partition coefficient (Wildman–Crippen LogP) is 13.7. The summed E-state index contributed by atoms with van der Waals surface area (Å²) in [5, 5.41) is 11.7. The maximum Gasteiger partial charge on any atom is 0.160 e. The number of para-hydroxylation sites is 1. The Balaban J connectivity index is 1.12. The van der Waals surface area contributed by atoms with Gasteiger partial charge in [0.25, 0.3) is 0 Å². The predicted molar refractivity (Wildman–Crippen MR) is 237 cm³/mol. The van der Waals surface area contributed by atoms with Crippen LogP contribution in [0, 0.1) is 11.3 Å². The molecule has 3 heterocycles. The minimum atomic E-state index is -0.608. The first-order valence-corrected chi connectivity index (χ1v) is 20.5. The lowest BCUT2D eigenvalue weighted by Gasteiger charge is -2.40. The van der Waals surface area contributed by atoms with Gasteiger partial charge in [-0.15, -0.1) is 0 Å². The molecular weight excluding hydrogens is 739 g/mol. The van der Waals surface area contributed by atoms with Crippen LogP contribution in [0.2, 0.25) is 0 Å². The molecule has 0 N–H and O–H groups in total. The summed E-state index contributed by atoms with van der Waals surface area (Å²) >= 11 is 1.82. The average molecular weight is 770 g/mol. The van der Waals surface area contributed by atoms with E-state index in [1.165, 1.54) is 43.2 Å². The molecule has 1 aliphatic carbocycles. The normalized spacial score (nSPS) is 13.1. The molecule has 8 aromatic carbocycles. The molecular formula is C54H31N3OS. The Hall–Kier alpha value is -7.52. The molecule has 0 unspecified atom stereocenters. The van der Waals surface area contributed by atoms with Crippen molar-refractivity contribution < 1.29 is 4.42 Å². The molecule has 10 aromatic rings. The molecule has 2 aromatic heterocycles. The summed E-state index contributed by atoms with van der Waals surface area (Å²) in [7, 11) is 0. The third-order valence-electron chi connectivity index (χ3n) is 12.0. The highest BCUT2D eigenvalue weighted by atomic mass is 32.2. The van der Waals surface area contributed by atoms with E-state index in [0.717, 1.165) is 61.1 Å². The van der Waals surface area contributed by atoms with Crippen LogP contribution >= 0.6 is 11.8 Å². The number of benzene rings is 8. The van der Waals surface area contributed by atoms with Gasteiger partial charge in [0.1, 0.15) is 11.2 Å². The molecule has 0 saturated carbocycles. The molecule has 4 nitrogen and oxygen atoms in total. The summed E-state index contributed by atoms with van der Waals surface area (Å²) < 4.78 is 6.33. The van der Waals surface area contributed by atoms with Crippen LogP contribution in [0.5, 0.6) is 0 Å². The molecule has 0 bridgehead atoms. The second-order valence-electron chi connectivity index (χ2n) is 15.1. The summed E-state index contributed by atoms with van der Waals surface area (Å²) in [6.07, 6.45) is 0. The lowest BCUT2D eigenvalue weighted by molar-refractivity contribution is 0.669. The van der Waals surface area contributed by atoms with Gasteiger partial charge in [-0.1, -0.05) is 157 Å². The maximum atomic E-state index is 9.58. The van der Waals surface area contributed by atoms with E-state index in [2.05, 4.69) is 152 Å². The average Bonchev–Trinajstić information content (AvgIpc) is 3.83. The Morgan fingerprint density at radius 1 is 0.475 bits per heavy atom. The number of aromatic nitrogens is 2. The molecule has 12 rings (SSSR count). The summed E-state index contributed by atoms with van der Waals surface area (Å²) in [5.74, 6) is 0.658. The number of hydrogen-bond donors (Lipinski definition) is 0. The van der Waals surface area contributed by atoms with E-state index >= 15 is 0 Å². The molecule has 0 amide bonds. The largest absolute Gasteiger partial charge is 0.456 e. The van der Waals surface area contributed by atoms with Gasteiger partial charge in [-0.25, -0.2) is 9.97 Å². The summed E-state index contributed by atoms with van der Waals surface area (Å²) in [5.41, 5.74) is 16.1. The van der Waals surface area contributed by atoms with Gasteiger partial charge >= 0.3 is 0 Å². The zero-order valence-corrected chi connectivity index (χ0v) is 32.4. The van der Waals surface area contributed by atoms with Crippen molar-refractivity contribution in [1.82, 2.24) is 9.97 Å². The lowest BCUT2D eigenvalue weighted by Crippen LogP contribution is -2.32. The van der Waals surface area contributed by atoms with Crippen molar-refractivity contribution in [2.75, 3.05) is 0 Å². The standard InChI is InChI=1S/C54H31N3OS/c55-32-33-24-26-34(27-25-33)37-17-10-21-44-52(37)59-50-29-28-36(30-45(50)54(44)42-19-7-4-14-38(42)39-15-5-8-20-43(39)54)53-56-46(35-12-2-1-3-13-35)31-47(57-53)40-18-11-23-49-51(40)41-16-6-9-22-48(41)58-49/h1-31H. The van der Waals surface area contributed by atoms with Crippen LogP contribution in [-0.2, 0) is 5.41 Å². The van der Waals surface area contributed by atoms with Crippen molar-refractivity contribution in [2.45, 2.75) is 15.2 Å². The molecule has 0 atom stereocenters. The highest BCUT2D eigenvalue weighted by Crippen LogP contribution is 2.63. The van der Waals surface area contributed by atoms with E-state index in [9.17, 15) is 5.26 Å². The molecule has 1 aliphatic heterocycles. The fraction of sp³-hybridized carbons (Fsp3) is 0.0185. The minimum Gasteiger partial charge on any atom is -0.456 e. The highest BCUT2D eigenvalue weighted by Gasteiger charge is 2.50. The summed E-state index contributed by atoms with van der Waals surface area (Å²) in [6.45, 7) is 0. The Morgan fingerprint density at radius 2 is 1.10 bits per heavy atom. The van der Waals surface area contributed by atoms with Crippen molar-refractivity contribution in [2.24, 2.45) is 0 Å². The van der Waals surface area contributed by atoms with E-state index in [1.54, 1.807) is 0 Å². The Kier molecular flexibility index (Phi) is 7.41. The third kappa shape index (κ3) is 4.97. The van der Waals surface area contributed by atoms with E-state index in [-0.39, 0.29) is 0 Å². The van der Waals surface area contributed by atoms with Gasteiger partial charge in [0.15, 0.2) is 5.82 Å². The van der Waals surface area contributed by atoms with E-state index in [1.807, 2.05) is 54.2 Å². The van der Waals surface area contributed by atoms with Crippen LogP contribution < -0.4 is 0 Å². The zero-order valence-electron chi connectivity index (χ0n) is 31.6. The smallest absolute Gasteiger partial charge is 0.160 e. The van der Waals surface area contributed by atoms with Crippen molar-refractivity contribution in [3.63, 3.8) is 0 Å². The van der Waals surface area contributed by atoms with Crippen LogP contribution in [0.25, 0.3) is 78.1 Å². The van der Waals surface area contributed by atoms with Gasteiger partial charge in [-0.05, 0) is 87.0 Å². The lowest BCUT2D eigenvalue weighted by atomic mass is 9.66. The van der Waals surface area contributed by atoms with E-state index in [4.69, 9.17) is 14.4 Å². The number of nitriles is 1. The van der Waals surface area contributed by atoms with Crippen molar-refractivity contribution in [3.8, 4) is 62.2 Å². The van der Waals surface area contributed by atoms with Gasteiger partial charge in [0.2, 0.25) is 0 Å². The summed E-state index contributed by atoms with van der Waals surface area (Å²) in [4.78, 5) is 13.1. The molecule has 5 heteroatoms. The van der Waals surface area contributed by atoms with Crippen LogP contribution in [0.15, 0.2) is 202 Å². The SMILES string of the molecule is N#Cc1ccc(-c2cccc3c2Sc2ccc(-c4nc(-c5ccccc5)cc(-c5cccc6oc7ccccc7c56)n4)cc2C32c3ccccc3-c3ccccc32)cc1. The van der Waals surface area contributed by atoms with Crippen LogP contribution in [0.4, 0.5) is 0 Å². The Bertz CT molecular complexity index is 3330. The molecule has 59 heavy (non-hydrogen) atoms. The van der Waals surface area contributed by atoms with Crippen molar-refractivity contribution in [1.29, 1.82) is 5.26 Å². The third-order valence-corrected chi connectivity index (χ3v) is 13.2. The van der Waals surface area contributed by atoms with Crippen LogP contribution in [-0.4, -0.2) is 9.97 Å². The number of nitrogens with zero attached hydrogens (tertiary/aromatic N) is 3. The fourth-order valence-electron chi connectivity index (χ4n) is 9.47. The Labute approximate surface area is 345 Å². The first-order valence-electron chi connectivity index (χ1n) is 19.7. The molecule has 2 aliphatic rings. The zero-order chi connectivity index (χ0) is 39.1. The second kappa shape index (κ2) is 13.0. The van der Waals surface area contributed by atoms with Gasteiger partial charge in [-0.2, -0.15) is 5.26 Å². The van der Waals surface area contributed by atoms with Crippen LogP contribution in [0.1, 0.15) is 27.8 Å². The number of furan rings is 1. The molecule has 0 radical (unpaired) electrons. The monoisotopic (exact) mass is 769 g/mol. The van der Waals surface area contributed by atoms with Gasteiger partial charge in [-0.3, -0.25) is 0 Å². The fourth-order valence-corrected chi connectivity index (χ4v) is 10.8. The quantitative estimate of drug-likeness (QED) is 0.178. The molecule has 0 fully saturated rings. The van der Waals surface area contributed by atoms with Crippen molar-refractivity contribution >= 4 is 33.7 Å². The Morgan fingerprint density at radius 3 is 1.90 bits per heavy atom. The topological polar surface area (TPSA) is 62.7 Å². The number of hydrogen-bond acceptors (Lipinski definition) is 5. The highest BCUT2D eigenvalue weighted by molar-refractivity contribution is 7.99. The second-order valence-corrected chi connectivity index (χ2v) is 16.2. The number of fused-ring (bicyclic) bond motifs is 12. The van der Waals surface area contributed by atoms with Gasteiger partial charge < -0.3 is 4.42 Å². The van der Waals surface area contributed by atoms with E-state index < -0.39 is 5.41 Å². The first kappa shape index (κ1) is 33.6. The van der Waals surface area contributed by atoms with Gasteiger partial charge in [0.05, 0.1) is 28.4 Å². The van der Waals surface area contributed by atoms with Crippen molar-refractivity contribution in [3.05, 3.63) is 216 Å². The van der Waals surface area contributed by atoms with E-state index in [0.29, 0.717) is 11.4 Å². The molecule has 274 valence electrons. The minimum absolute atomic E-state index is 0.608. The molecule has 1 spiro atoms. The van der Waals surface area contributed by atoms with Gasteiger partial charge in [0, 0.05) is 37.3 Å². The summed E-state index contributed by atoms with van der Waals surface area (Å²) in [6, 6.07) is 68.4. The first-order chi connectivity index (χ1) is 29.2. The number of rotatable bonds is 4. The van der Waals surface area contributed by atoms with Crippen LogP contribution in [0.3, 0.4) is 0 Å². The maximum absolute atomic E-state index is 9.58. The molecule has 0 saturated heterocycles.